The number of nitrogens with one attached hydrogen (secondary N) is 1. The lowest BCUT2D eigenvalue weighted by atomic mass is 10.0. The van der Waals surface area contributed by atoms with Crippen LogP contribution in [0.3, 0.4) is 0 Å². The number of carbonyl (C=O) groups is 3. The fourth-order valence-corrected chi connectivity index (χ4v) is 4.16. The normalized spacial score (nSPS) is 13.7. The number of carbonyl (C=O) groups excluding carboxylic acids is 3. The molecule has 0 unspecified atom stereocenters. The van der Waals surface area contributed by atoms with Crippen molar-refractivity contribution in [1.29, 1.82) is 0 Å². The van der Waals surface area contributed by atoms with Gasteiger partial charge in [-0.2, -0.15) is 0 Å². The molecule has 1 N–H and O–H groups in total. The van der Waals surface area contributed by atoms with Gasteiger partial charge in [-0.3, -0.25) is 9.59 Å². The summed E-state index contributed by atoms with van der Waals surface area (Å²) in [5.41, 5.74) is 2.17. The van der Waals surface area contributed by atoms with E-state index in [2.05, 4.69) is 5.32 Å². The fraction of sp³-hybridized carbons (Fsp3) is 0.350. The largest absolute Gasteiger partial charge is 0.451 e. The monoisotopic (exact) mass is 371 g/mol. The average molecular weight is 371 g/mol. The molecule has 0 radical (unpaired) electrons. The van der Waals surface area contributed by atoms with Crippen LogP contribution in [-0.4, -0.2) is 30.3 Å². The first-order valence-corrected chi connectivity index (χ1v) is 9.47. The van der Waals surface area contributed by atoms with Crippen LogP contribution in [0, 0.1) is 0 Å². The smallest absolute Gasteiger partial charge is 0.348 e. The summed E-state index contributed by atoms with van der Waals surface area (Å²) in [6, 6.07) is 10.7. The van der Waals surface area contributed by atoms with E-state index < -0.39 is 17.9 Å². The standard InChI is InChI=1S/C20H21NO4S/c1-13(22)16(10-14-6-3-2-4-7-14)21-19(23)12-25-20(24)18-11-15-8-5-9-17(15)26-18/h2-4,6-7,11,16H,5,8-10,12H2,1H3,(H,21,23)/t16-/m1/s1. The maximum atomic E-state index is 12.1. The number of thiophene rings is 1. The number of benzene rings is 1. The summed E-state index contributed by atoms with van der Waals surface area (Å²) < 4.78 is 5.11. The maximum Gasteiger partial charge on any atom is 0.348 e. The van der Waals surface area contributed by atoms with Gasteiger partial charge in [0.05, 0.1) is 6.04 Å². The number of amides is 1. The lowest BCUT2D eigenvalue weighted by Crippen LogP contribution is -2.43. The predicted octanol–water partition coefficient (Wildman–Crippen LogP) is 2.71. The van der Waals surface area contributed by atoms with E-state index in [4.69, 9.17) is 4.74 Å². The molecule has 1 aliphatic rings. The molecule has 5 nitrogen and oxygen atoms in total. The summed E-state index contributed by atoms with van der Waals surface area (Å²) in [5.74, 6) is -1.09. The second-order valence-corrected chi connectivity index (χ2v) is 7.55. The first kappa shape index (κ1) is 18.3. The highest BCUT2D eigenvalue weighted by atomic mass is 32.1. The van der Waals surface area contributed by atoms with Crippen molar-refractivity contribution in [3.8, 4) is 0 Å². The first-order chi connectivity index (χ1) is 12.5. The zero-order valence-corrected chi connectivity index (χ0v) is 15.4. The van der Waals surface area contributed by atoms with E-state index in [1.807, 2.05) is 36.4 Å². The highest BCUT2D eigenvalue weighted by molar-refractivity contribution is 7.14. The van der Waals surface area contributed by atoms with Crippen LogP contribution < -0.4 is 5.32 Å². The molecule has 1 aromatic carbocycles. The Morgan fingerprint density at radius 3 is 2.65 bits per heavy atom. The van der Waals surface area contributed by atoms with Crippen molar-refractivity contribution in [1.82, 2.24) is 5.32 Å². The molecule has 0 bridgehead atoms. The third-order valence-electron chi connectivity index (χ3n) is 4.39. The molecule has 0 fully saturated rings. The van der Waals surface area contributed by atoms with Crippen LogP contribution in [0.15, 0.2) is 36.4 Å². The molecule has 3 rings (SSSR count). The van der Waals surface area contributed by atoms with Gasteiger partial charge in [-0.05, 0) is 49.8 Å². The molecular formula is C20H21NO4S. The molecule has 6 heteroatoms. The van der Waals surface area contributed by atoms with E-state index in [1.165, 1.54) is 28.7 Å². The number of esters is 1. The van der Waals surface area contributed by atoms with E-state index >= 15 is 0 Å². The minimum absolute atomic E-state index is 0.136. The SMILES string of the molecule is CC(=O)[C@@H](Cc1ccccc1)NC(=O)COC(=O)c1cc2c(s1)CCC2. The van der Waals surface area contributed by atoms with Gasteiger partial charge in [0.1, 0.15) is 4.88 Å². The van der Waals surface area contributed by atoms with Gasteiger partial charge in [-0.1, -0.05) is 30.3 Å². The van der Waals surface area contributed by atoms with Gasteiger partial charge in [0.25, 0.3) is 5.91 Å². The van der Waals surface area contributed by atoms with Gasteiger partial charge in [-0.25, -0.2) is 4.79 Å². The number of aryl methyl sites for hydroxylation is 2. The van der Waals surface area contributed by atoms with Crippen molar-refractivity contribution in [2.75, 3.05) is 6.61 Å². The van der Waals surface area contributed by atoms with Gasteiger partial charge in [0, 0.05) is 4.88 Å². The number of hydrogen-bond donors (Lipinski definition) is 1. The molecule has 136 valence electrons. The topological polar surface area (TPSA) is 72.5 Å². The van der Waals surface area contributed by atoms with Gasteiger partial charge >= 0.3 is 5.97 Å². The number of rotatable bonds is 7. The van der Waals surface area contributed by atoms with Crippen molar-refractivity contribution in [2.45, 2.75) is 38.6 Å². The second kappa shape index (κ2) is 8.27. The van der Waals surface area contributed by atoms with Crippen molar-refractivity contribution in [3.63, 3.8) is 0 Å². The van der Waals surface area contributed by atoms with Crippen LogP contribution >= 0.6 is 11.3 Å². The van der Waals surface area contributed by atoms with Crippen molar-refractivity contribution >= 4 is 29.0 Å². The third kappa shape index (κ3) is 4.58. The van der Waals surface area contributed by atoms with Crippen molar-refractivity contribution in [3.05, 3.63) is 57.3 Å². The zero-order valence-electron chi connectivity index (χ0n) is 14.6. The summed E-state index contributed by atoms with van der Waals surface area (Å²) in [4.78, 5) is 37.8. The molecule has 0 saturated carbocycles. The van der Waals surface area contributed by atoms with E-state index in [0.717, 1.165) is 24.8 Å². The van der Waals surface area contributed by atoms with Crippen molar-refractivity contribution in [2.24, 2.45) is 0 Å². The van der Waals surface area contributed by atoms with Crippen molar-refractivity contribution < 1.29 is 19.1 Å². The molecule has 1 aliphatic carbocycles. The summed E-state index contributed by atoms with van der Waals surface area (Å²) in [7, 11) is 0. The molecule has 0 aliphatic heterocycles. The molecular weight excluding hydrogens is 350 g/mol. The number of ketones is 1. The average Bonchev–Trinajstić information content (AvgIpc) is 3.22. The minimum Gasteiger partial charge on any atom is -0.451 e. The van der Waals surface area contributed by atoms with Gasteiger partial charge in [-0.15, -0.1) is 11.3 Å². The minimum atomic E-state index is -0.630. The summed E-state index contributed by atoms with van der Waals surface area (Å²) >= 11 is 1.44. The van der Waals surface area contributed by atoms with E-state index in [1.54, 1.807) is 0 Å². The number of fused-ring (bicyclic) bond motifs is 1. The Hall–Kier alpha value is -2.47. The Morgan fingerprint density at radius 2 is 1.96 bits per heavy atom. The molecule has 0 spiro atoms. The van der Waals surface area contributed by atoms with Gasteiger partial charge in [0.15, 0.2) is 12.4 Å². The summed E-state index contributed by atoms with van der Waals surface area (Å²) in [6.07, 6.45) is 3.55. The Labute approximate surface area is 156 Å². The Kier molecular flexibility index (Phi) is 5.83. The van der Waals surface area contributed by atoms with E-state index in [0.29, 0.717) is 11.3 Å². The lowest BCUT2D eigenvalue weighted by molar-refractivity contribution is -0.128. The van der Waals surface area contributed by atoms with Gasteiger partial charge < -0.3 is 10.1 Å². The highest BCUT2D eigenvalue weighted by Crippen LogP contribution is 2.30. The summed E-state index contributed by atoms with van der Waals surface area (Å²) in [5, 5.41) is 2.65. The third-order valence-corrected chi connectivity index (χ3v) is 5.61. The lowest BCUT2D eigenvalue weighted by Gasteiger charge is -2.16. The molecule has 1 amide bonds. The number of hydrogen-bond acceptors (Lipinski definition) is 5. The first-order valence-electron chi connectivity index (χ1n) is 8.65. The Balaban J connectivity index is 1.51. The number of ether oxygens (including phenoxy) is 1. The highest BCUT2D eigenvalue weighted by Gasteiger charge is 2.21. The van der Waals surface area contributed by atoms with Crippen LogP contribution in [0.25, 0.3) is 0 Å². The quantitative estimate of drug-likeness (QED) is 0.760. The van der Waals surface area contributed by atoms with Crippen LogP contribution in [-0.2, 0) is 33.6 Å². The van der Waals surface area contributed by atoms with Crippen LogP contribution in [0.1, 0.15) is 39.0 Å². The molecule has 1 atom stereocenters. The zero-order chi connectivity index (χ0) is 18.5. The fourth-order valence-electron chi connectivity index (χ4n) is 3.01. The molecule has 2 aromatic rings. The Morgan fingerprint density at radius 1 is 1.19 bits per heavy atom. The van der Waals surface area contributed by atoms with Crippen LogP contribution in [0.5, 0.6) is 0 Å². The predicted molar refractivity (Wildman–Crippen MR) is 99.4 cm³/mol. The molecule has 1 heterocycles. The molecule has 26 heavy (non-hydrogen) atoms. The van der Waals surface area contributed by atoms with Gasteiger partial charge in [0.2, 0.25) is 0 Å². The molecule has 1 aromatic heterocycles. The van der Waals surface area contributed by atoms with Crippen LogP contribution in [0.4, 0.5) is 0 Å². The maximum absolute atomic E-state index is 12.1. The van der Waals surface area contributed by atoms with E-state index in [9.17, 15) is 14.4 Å². The second-order valence-electron chi connectivity index (χ2n) is 6.41. The van der Waals surface area contributed by atoms with Crippen LogP contribution in [0.2, 0.25) is 0 Å². The number of Topliss-reactive ketones (excluding diaryl/α,β-unsaturated/α-hetero) is 1. The Bertz CT molecular complexity index is 791. The molecule has 0 saturated heterocycles. The summed E-state index contributed by atoms with van der Waals surface area (Å²) in [6.45, 7) is 1.05. The van der Waals surface area contributed by atoms with E-state index in [-0.39, 0.29) is 12.4 Å².